The summed E-state index contributed by atoms with van der Waals surface area (Å²) in [5, 5.41) is 10.7. The Morgan fingerprint density at radius 1 is 1.05 bits per heavy atom. The molecule has 1 atom stereocenters. The second-order valence-corrected chi connectivity index (χ2v) is 4.58. The van der Waals surface area contributed by atoms with Crippen LogP contribution in [-0.2, 0) is 0 Å². The molecule has 0 aliphatic rings. The van der Waals surface area contributed by atoms with E-state index in [1.165, 1.54) is 32.4 Å². The molecule has 0 aromatic heterocycles. The summed E-state index contributed by atoms with van der Waals surface area (Å²) in [5.74, 6) is 0.566. The highest BCUT2D eigenvalue weighted by Crippen LogP contribution is 2.35. The maximum absolute atomic E-state index is 13.3. The predicted octanol–water partition coefficient (Wildman–Crippen LogP) is 3.58. The number of halogens is 2. The van der Waals surface area contributed by atoms with Gasteiger partial charge in [-0.1, -0.05) is 11.6 Å². The van der Waals surface area contributed by atoms with Gasteiger partial charge < -0.3 is 14.6 Å². The van der Waals surface area contributed by atoms with Crippen LogP contribution in [0, 0.1) is 5.82 Å². The number of hydrogen-bond acceptors (Lipinski definition) is 3. The number of rotatable bonds is 4. The first-order valence-corrected chi connectivity index (χ1v) is 6.29. The van der Waals surface area contributed by atoms with Crippen LogP contribution in [0.3, 0.4) is 0 Å². The van der Waals surface area contributed by atoms with E-state index in [2.05, 4.69) is 0 Å². The third-order valence-corrected chi connectivity index (χ3v) is 3.33. The van der Waals surface area contributed by atoms with Crippen molar-refractivity contribution in [1.29, 1.82) is 0 Å². The van der Waals surface area contributed by atoms with Crippen LogP contribution in [0.2, 0.25) is 5.02 Å². The molecular formula is C15H14ClFO3. The topological polar surface area (TPSA) is 38.7 Å². The summed E-state index contributed by atoms with van der Waals surface area (Å²) in [7, 11) is 3.01. The molecule has 20 heavy (non-hydrogen) atoms. The van der Waals surface area contributed by atoms with E-state index in [1.807, 2.05) is 0 Å². The largest absolute Gasteiger partial charge is 0.497 e. The van der Waals surface area contributed by atoms with Crippen LogP contribution in [0.1, 0.15) is 17.2 Å². The summed E-state index contributed by atoms with van der Waals surface area (Å²) in [5.41, 5.74) is 0.734. The van der Waals surface area contributed by atoms with Crippen LogP contribution in [0.5, 0.6) is 11.5 Å². The number of aliphatic hydroxyl groups excluding tert-OH is 1. The van der Waals surface area contributed by atoms with Gasteiger partial charge in [-0.05, 0) is 36.4 Å². The number of benzene rings is 2. The molecule has 1 N–H and O–H groups in total. The van der Waals surface area contributed by atoms with E-state index < -0.39 is 11.9 Å². The summed E-state index contributed by atoms with van der Waals surface area (Å²) in [6, 6.07) is 8.85. The maximum atomic E-state index is 13.3. The number of aliphatic hydroxyl groups is 1. The first kappa shape index (κ1) is 14.6. The predicted molar refractivity (Wildman–Crippen MR) is 75.0 cm³/mol. The lowest BCUT2D eigenvalue weighted by Gasteiger charge is -2.17. The summed E-state index contributed by atoms with van der Waals surface area (Å²) < 4.78 is 23.7. The molecule has 3 nitrogen and oxygen atoms in total. The smallest absolute Gasteiger partial charge is 0.125 e. The van der Waals surface area contributed by atoms with Crippen molar-refractivity contribution in [2.75, 3.05) is 14.2 Å². The van der Waals surface area contributed by atoms with Crippen molar-refractivity contribution in [2.24, 2.45) is 0 Å². The highest BCUT2D eigenvalue weighted by Gasteiger charge is 2.19. The van der Waals surface area contributed by atoms with Crippen LogP contribution in [0.4, 0.5) is 4.39 Å². The van der Waals surface area contributed by atoms with Crippen molar-refractivity contribution < 1.29 is 19.0 Å². The molecule has 1 unspecified atom stereocenters. The third-order valence-electron chi connectivity index (χ3n) is 2.98. The van der Waals surface area contributed by atoms with Crippen molar-refractivity contribution in [3.63, 3.8) is 0 Å². The normalized spacial score (nSPS) is 12.1. The molecule has 0 aliphatic carbocycles. The van der Waals surface area contributed by atoms with E-state index in [1.54, 1.807) is 18.2 Å². The van der Waals surface area contributed by atoms with Gasteiger partial charge >= 0.3 is 0 Å². The molecular weight excluding hydrogens is 283 g/mol. The Hall–Kier alpha value is -1.78. The van der Waals surface area contributed by atoms with Gasteiger partial charge in [0.25, 0.3) is 0 Å². The van der Waals surface area contributed by atoms with Crippen molar-refractivity contribution in [3.05, 3.63) is 58.4 Å². The monoisotopic (exact) mass is 296 g/mol. The van der Waals surface area contributed by atoms with E-state index >= 15 is 0 Å². The minimum atomic E-state index is -1.11. The summed E-state index contributed by atoms with van der Waals surface area (Å²) in [6.07, 6.45) is -1.11. The average molecular weight is 297 g/mol. The fraction of sp³-hybridized carbons (Fsp3) is 0.200. The summed E-state index contributed by atoms with van der Waals surface area (Å²) >= 11 is 6.01. The number of ether oxygens (including phenoxy) is 2. The lowest BCUT2D eigenvalue weighted by Crippen LogP contribution is -2.04. The second-order valence-electron chi connectivity index (χ2n) is 4.18. The Labute approximate surface area is 121 Å². The van der Waals surface area contributed by atoms with Gasteiger partial charge in [0, 0.05) is 16.1 Å². The van der Waals surface area contributed by atoms with Crippen molar-refractivity contribution in [3.8, 4) is 11.5 Å². The number of hydrogen-bond donors (Lipinski definition) is 1. The van der Waals surface area contributed by atoms with Crippen molar-refractivity contribution in [2.45, 2.75) is 6.10 Å². The lowest BCUT2D eigenvalue weighted by atomic mass is 10.00. The summed E-state index contributed by atoms with van der Waals surface area (Å²) in [6.45, 7) is 0. The molecule has 2 aromatic carbocycles. The zero-order valence-electron chi connectivity index (χ0n) is 11.1. The molecule has 0 saturated carbocycles. The van der Waals surface area contributed by atoms with Gasteiger partial charge in [0.1, 0.15) is 23.4 Å². The Kier molecular flexibility index (Phi) is 4.47. The van der Waals surface area contributed by atoms with Gasteiger partial charge in [-0.2, -0.15) is 0 Å². The van der Waals surface area contributed by atoms with Crippen LogP contribution < -0.4 is 9.47 Å². The van der Waals surface area contributed by atoms with E-state index in [0.29, 0.717) is 17.1 Å². The zero-order valence-corrected chi connectivity index (χ0v) is 11.8. The van der Waals surface area contributed by atoms with Gasteiger partial charge in [-0.25, -0.2) is 4.39 Å². The van der Waals surface area contributed by atoms with E-state index in [4.69, 9.17) is 21.1 Å². The fourth-order valence-corrected chi connectivity index (χ4v) is 2.17. The van der Waals surface area contributed by atoms with Gasteiger partial charge in [0.2, 0.25) is 0 Å². The van der Waals surface area contributed by atoms with Crippen LogP contribution in [-0.4, -0.2) is 19.3 Å². The first-order valence-electron chi connectivity index (χ1n) is 5.91. The SMILES string of the molecule is COc1ccc(OC)c(C(O)c2cc(F)ccc2Cl)c1. The first-order chi connectivity index (χ1) is 9.56. The molecule has 2 aromatic rings. The lowest BCUT2D eigenvalue weighted by molar-refractivity contribution is 0.213. The van der Waals surface area contributed by atoms with E-state index in [9.17, 15) is 9.50 Å². The van der Waals surface area contributed by atoms with Gasteiger partial charge in [-0.3, -0.25) is 0 Å². The number of methoxy groups -OCH3 is 2. The highest BCUT2D eigenvalue weighted by molar-refractivity contribution is 6.31. The molecule has 0 bridgehead atoms. The van der Waals surface area contributed by atoms with Crippen LogP contribution in [0.25, 0.3) is 0 Å². The molecule has 0 saturated heterocycles. The standard InChI is InChI=1S/C15H14ClFO3/c1-19-10-4-6-14(20-2)12(8-10)15(18)11-7-9(17)3-5-13(11)16/h3-8,15,18H,1-2H3. The molecule has 0 aliphatic heterocycles. The van der Waals surface area contributed by atoms with Crippen molar-refractivity contribution >= 4 is 11.6 Å². The molecule has 0 heterocycles. The Balaban J connectivity index is 2.51. The van der Waals surface area contributed by atoms with Crippen LogP contribution in [0.15, 0.2) is 36.4 Å². The molecule has 0 fully saturated rings. The molecule has 0 spiro atoms. The van der Waals surface area contributed by atoms with Crippen LogP contribution >= 0.6 is 11.6 Å². The summed E-state index contributed by atoms with van der Waals surface area (Å²) in [4.78, 5) is 0. The minimum Gasteiger partial charge on any atom is -0.497 e. The Morgan fingerprint density at radius 3 is 2.45 bits per heavy atom. The minimum absolute atomic E-state index is 0.276. The van der Waals surface area contributed by atoms with Crippen molar-refractivity contribution in [1.82, 2.24) is 0 Å². The molecule has 0 radical (unpaired) electrons. The molecule has 5 heteroatoms. The third kappa shape index (κ3) is 2.86. The Bertz CT molecular complexity index is 616. The van der Waals surface area contributed by atoms with Gasteiger partial charge in [0.15, 0.2) is 0 Å². The fourth-order valence-electron chi connectivity index (χ4n) is 1.94. The van der Waals surface area contributed by atoms with E-state index in [0.717, 1.165) is 0 Å². The average Bonchev–Trinajstić information content (AvgIpc) is 2.48. The Morgan fingerprint density at radius 2 is 1.80 bits per heavy atom. The zero-order chi connectivity index (χ0) is 14.7. The maximum Gasteiger partial charge on any atom is 0.125 e. The highest BCUT2D eigenvalue weighted by atomic mass is 35.5. The van der Waals surface area contributed by atoms with Gasteiger partial charge in [-0.15, -0.1) is 0 Å². The molecule has 2 rings (SSSR count). The quantitative estimate of drug-likeness (QED) is 0.937. The van der Waals surface area contributed by atoms with Gasteiger partial charge in [0.05, 0.1) is 14.2 Å². The molecule has 106 valence electrons. The van der Waals surface area contributed by atoms with E-state index in [-0.39, 0.29) is 10.6 Å². The second kappa shape index (κ2) is 6.11. The molecule has 0 amide bonds.